The third-order valence-electron chi connectivity index (χ3n) is 2.89. The van der Waals surface area contributed by atoms with Gasteiger partial charge in [0.05, 0.1) is 16.9 Å². The van der Waals surface area contributed by atoms with E-state index in [1.807, 2.05) is 19.9 Å². The fourth-order valence-electron chi connectivity index (χ4n) is 1.89. The highest BCUT2D eigenvalue weighted by Crippen LogP contribution is 2.16. The van der Waals surface area contributed by atoms with Crippen LogP contribution in [0, 0.1) is 0 Å². The molecule has 0 atom stereocenters. The maximum absolute atomic E-state index is 12.2. The van der Waals surface area contributed by atoms with Crippen molar-refractivity contribution in [2.45, 2.75) is 26.5 Å². The highest BCUT2D eigenvalue weighted by atomic mass is 16.5. The molecule has 0 aliphatic heterocycles. The molecule has 0 saturated carbocycles. The first-order valence-corrected chi connectivity index (χ1v) is 7.30. The Morgan fingerprint density at radius 3 is 2.57 bits per heavy atom. The molecule has 0 aliphatic rings. The average molecular weight is 313 g/mol. The number of anilines is 1. The van der Waals surface area contributed by atoms with E-state index in [4.69, 9.17) is 4.74 Å². The number of ether oxygens (including phenoxy) is 1. The summed E-state index contributed by atoms with van der Waals surface area (Å²) in [4.78, 5) is 28.1. The van der Waals surface area contributed by atoms with Gasteiger partial charge in [0, 0.05) is 12.2 Å². The molecule has 1 heterocycles. The van der Waals surface area contributed by atoms with Crippen LogP contribution in [0.3, 0.4) is 0 Å². The molecule has 0 bridgehead atoms. The Morgan fingerprint density at radius 1 is 1.13 bits per heavy atom. The van der Waals surface area contributed by atoms with Crippen molar-refractivity contribution in [1.29, 1.82) is 0 Å². The molecule has 0 saturated heterocycles. The molecule has 2 aromatic rings. The Labute approximate surface area is 134 Å². The van der Waals surface area contributed by atoms with E-state index in [0.717, 1.165) is 0 Å². The maximum Gasteiger partial charge on any atom is 0.340 e. The van der Waals surface area contributed by atoms with Gasteiger partial charge < -0.3 is 15.4 Å². The first-order valence-electron chi connectivity index (χ1n) is 7.30. The van der Waals surface area contributed by atoms with Crippen LogP contribution < -0.4 is 10.6 Å². The number of hydrogen-bond donors (Lipinski definition) is 2. The molecule has 0 fully saturated rings. The second kappa shape index (κ2) is 7.93. The summed E-state index contributed by atoms with van der Waals surface area (Å²) in [5.74, 6) is -0.517. The number of rotatable bonds is 5. The molecule has 0 spiro atoms. The quantitative estimate of drug-likeness (QED) is 0.832. The molecule has 6 nitrogen and oxygen atoms in total. The summed E-state index contributed by atoms with van der Waals surface area (Å²) in [6, 6.07) is 11.7. The van der Waals surface area contributed by atoms with Crippen molar-refractivity contribution in [3.8, 4) is 0 Å². The van der Waals surface area contributed by atoms with Gasteiger partial charge in [-0.15, -0.1) is 0 Å². The molecule has 0 aliphatic carbocycles. The number of carbonyl (C=O) groups is 2. The predicted octanol–water partition coefficient (Wildman–Crippen LogP) is 2.97. The Morgan fingerprint density at radius 2 is 1.87 bits per heavy atom. The number of nitrogens with one attached hydrogen (secondary N) is 2. The number of nitrogens with zero attached hydrogens (tertiary/aromatic N) is 1. The number of urea groups is 1. The smallest absolute Gasteiger partial charge is 0.340 e. The number of amides is 2. The SMILES string of the molecule is CC(C)NC(=O)Nc1ccccc1C(=O)OCc1ccccn1. The van der Waals surface area contributed by atoms with Crippen LogP contribution in [0.4, 0.5) is 10.5 Å². The molecule has 2 rings (SSSR count). The Balaban J connectivity index is 2.04. The fraction of sp³-hybridized carbons (Fsp3) is 0.235. The molecule has 23 heavy (non-hydrogen) atoms. The number of para-hydroxylation sites is 1. The van der Waals surface area contributed by atoms with E-state index in [2.05, 4.69) is 15.6 Å². The van der Waals surface area contributed by atoms with E-state index in [1.54, 1.807) is 42.6 Å². The first-order chi connectivity index (χ1) is 11.1. The van der Waals surface area contributed by atoms with Crippen molar-refractivity contribution in [3.63, 3.8) is 0 Å². The van der Waals surface area contributed by atoms with Crippen molar-refractivity contribution in [2.24, 2.45) is 0 Å². The summed E-state index contributed by atoms with van der Waals surface area (Å²) in [6.45, 7) is 3.78. The minimum absolute atomic E-state index is 0.00160. The highest BCUT2D eigenvalue weighted by Gasteiger charge is 2.15. The Hall–Kier alpha value is -2.89. The van der Waals surface area contributed by atoms with Gasteiger partial charge in [-0.3, -0.25) is 4.98 Å². The number of carbonyl (C=O) groups excluding carboxylic acids is 2. The minimum Gasteiger partial charge on any atom is -0.456 e. The lowest BCUT2D eigenvalue weighted by molar-refractivity contribution is 0.0469. The molecule has 6 heteroatoms. The monoisotopic (exact) mass is 313 g/mol. The number of hydrogen-bond acceptors (Lipinski definition) is 4. The van der Waals surface area contributed by atoms with Crippen LogP contribution in [0.15, 0.2) is 48.7 Å². The highest BCUT2D eigenvalue weighted by molar-refractivity contribution is 6.00. The van der Waals surface area contributed by atoms with Crippen molar-refractivity contribution in [2.75, 3.05) is 5.32 Å². The second-order valence-corrected chi connectivity index (χ2v) is 5.20. The van der Waals surface area contributed by atoms with Gasteiger partial charge >= 0.3 is 12.0 Å². The summed E-state index contributed by atoms with van der Waals surface area (Å²) >= 11 is 0. The normalized spacial score (nSPS) is 10.2. The average Bonchev–Trinajstić information content (AvgIpc) is 2.53. The zero-order chi connectivity index (χ0) is 16.7. The lowest BCUT2D eigenvalue weighted by Crippen LogP contribution is -2.34. The van der Waals surface area contributed by atoms with Gasteiger partial charge in [-0.05, 0) is 38.1 Å². The van der Waals surface area contributed by atoms with Crippen LogP contribution in [-0.4, -0.2) is 23.0 Å². The molecule has 120 valence electrons. The molecule has 1 aromatic carbocycles. The predicted molar refractivity (Wildman–Crippen MR) is 87.1 cm³/mol. The van der Waals surface area contributed by atoms with Gasteiger partial charge in [-0.1, -0.05) is 18.2 Å². The summed E-state index contributed by atoms with van der Waals surface area (Å²) in [7, 11) is 0. The van der Waals surface area contributed by atoms with E-state index in [0.29, 0.717) is 16.9 Å². The molecule has 0 radical (unpaired) electrons. The van der Waals surface area contributed by atoms with Gasteiger partial charge in [0.2, 0.25) is 0 Å². The zero-order valence-corrected chi connectivity index (χ0v) is 13.1. The number of pyridine rings is 1. The van der Waals surface area contributed by atoms with Crippen molar-refractivity contribution in [1.82, 2.24) is 10.3 Å². The van der Waals surface area contributed by atoms with Crippen molar-refractivity contribution in [3.05, 3.63) is 59.9 Å². The van der Waals surface area contributed by atoms with Gasteiger partial charge in [-0.2, -0.15) is 0 Å². The Bertz CT molecular complexity index is 672. The molecule has 2 N–H and O–H groups in total. The number of benzene rings is 1. The first kappa shape index (κ1) is 16.5. The largest absolute Gasteiger partial charge is 0.456 e. The standard InChI is InChI=1S/C17H19N3O3/c1-12(2)19-17(22)20-15-9-4-3-8-14(15)16(21)23-11-13-7-5-6-10-18-13/h3-10,12H,11H2,1-2H3,(H2,19,20,22). The maximum atomic E-state index is 12.2. The molecule has 2 amide bonds. The number of aromatic nitrogens is 1. The molecular weight excluding hydrogens is 294 g/mol. The van der Waals surface area contributed by atoms with E-state index < -0.39 is 5.97 Å². The van der Waals surface area contributed by atoms with Crippen LogP contribution in [0.1, 0.15) is 29.9 Å². The topological polar surface area (TPSA) is 80.3 Å². The summed E-state index contributed by atoms with van der Waals surface area (Å²) in [5, 5.41) is 5.36. The van der Waals surface area contributed by atoms with Crippen LogP contribution in [0.5, 0.6) is 0 Å². The summed E-state index contributed by atoms with van der Waals surface area (Å²) in [5.41, 5.74) is 1.35. The zero-order valence-electron chi connectivity index (χ0n) is 13.1. The summed E-state index contributed by atoms with van der Waals surface area (Å²) < 4.78 is 5.24. The minimum atomic E-state index is -0.517. The van der Waals surface area contributed by atoms with Gasteiger partial charge in [0.1, 0.15) is 6.61 Å². The molecule has 0 unspecified atom stereocenters. The van der Waals surface area contributed by atoms with E-state index >= 15 is 0 Å². The summed E-state index contributed by atoms with van der Waals surface area (Å²) in [6.07, 6.45) is 1.63. The molecular formula is C17H19N3O3. The second-order valence-electron chi connectivity index (χ2n) is 5.20. The van der Waals surface area contributed by atoms with Crippen LogP contribution in [0.2, 0.25) is 0 Å². The van der Waals surface area contributed by atoms with E-state index in [1.165, 1.54) is 0 Å². The third-order valence-corrected chi connectivity index (χ3v) is 2.89. The van der Waals surface area contributed by atoms with Crippen molar-refractivity contribution >= 4 is 17.7 Å². The third kappa shape index (κ3) is 5.10. The van der Waals surface area contributed by atoms with Crippen LogP contribution in [0.25, 0.3) is 0 Å². The van der Waals surface area contributed by atoms with Gasteiger partial charge in [0.15, 0.2) is 0 Å². The fourth-order valence-corrected chi connectivity index (χ4v) is 1.89. The van der Waals surface area contributed by atoms with Gasteiger partial charge in [0.25, 0.3) is 0 Å². The molecule has 1 aromatic heterocycles. The van der Waals surface area contributed by atoms with Crippen LogP contribution in [-0.2, 0) is 11.3 Å². The van der Waals surface area contributed by atoms with E-state index in [9.17, 15) is 9.59 Å². The Kier molecular flexibility index (Phi) is 5.68. The van der Waals surface area contributed by atoms with Crippen LogP contribution >= 0.6 is 0 Å². The lowest BCUT2D eigenvalue weighted by atomic mass is 10.2. The number of esters is 1. The van der Waals surface area contributed by atoms with Crippen molar-refractivity contribution < 1.29 is 14.3 Å². The van der Waals surface area contributed by atoms with Gasteiger partial charge in [-0.25, -0.2) is 9.59 Å². The van der Waals surface area contributed by atoms with E-state index in [-0.39, 0.29) is 18.7 Å². The lowest BCUT2D eigenvalue weighted by Gasteiger charge is -2.13.